The highest BCUT2D eigenvalue weighted by Crippen LogP contribution is 2.35. The smallest absolute Gasteiger partial charge is 0.391 e. The van der Waals surface area contributed by atoms with Crippen LogP contribution in [0, 0.1) is 0 Å². The molecule has 1 aliphatic heterocycles. The number of methoxy groups -OCH3 is 1. The van der Waals surface area contributed by atoms with Crippen LogP contribution in [0.5, 0.6) is 0 Å². The molecule has 0 aliphatic carbocycles. The van der Waals surface area contributed by atoms with E-state index in [1.165, 1.54) is 12.1 Å². The van der Waals surface area contributed by atoms with Crippen molar-refractivity contribution in [3.8, 4) is 0 Å². The van der Waals surface area contributed by atoms with Gasteiger partial charge >= 0.3 is 6.18 Å². The average molecular weight is 458 g/mol. The lowest BCUT2D eigenvalue weighted by Gasteiger charge is -2.31. The molecule has 0 amide bonds. The standard InChI is InChI=1S/C23H27F3O4S/c1-30-13-17-7-6-16(8-14-2-4-15(5-3-14)11-23(24,25)26)9-19(17)22-21(29)20(28)10-18(12-27)31-22/h2-7,9,18,20-22,27-29H,8,10-13H2,1H3/p+1/t18-,20-,21+,22-/m0/s1. The Kier molecular flexibility index (Phi) is 8.04. The molecule has 1 aliphatic rings. The molecule has 0 saturated carbocycles. The number of benzene rings is 2. The van der Waals surface area contributed by atoms with Gasteiger partial charge in [-0.05, 0) is 40.4 Å². The van der Waals surface area contributed by atoms with Gasteiger partial charge in [-0.15, -0.1) is 0 Å². The first-order valence-corrected chi connectivity index (χ1v) is 11.2. The second-order valence-electron chi connectivity index (χ2n) is 7.98. The van der Waals surface area contributed by atoms with Crippen LogP contribution in [0.25, 0.3) is 0 Å². The Bertz CT molecular complexity index is 857. The topological polar surface area (TPSA) is 69.9 Å². The van der Waals surface area contributed by atoms with Crippen molar-refractivity contribution in [2.45, 2.75) is 54.8 Å². The maximum Gasteiger partial charge on any atom is 0.393 e. The largest absolute Gasteiger partial charge is 0.393 e. The number of ether oxygens (including phenoxy) is 1. The Morgan fingerprint density at radius 2 is 1.68 bits per heavy atom. The lowest BCUT2D eigenvalue weighted by Crippen LogP contribution is -2.44. The SMILES string of the molecule is COCc1ccc(Cc2ccc(CC(F)(F)F)cc2)cc1[C@@H]1[SH+][C@H](CO)C[C@H](O)[C@H]1O. The Morgan fingerprint density at radius 1 is 1.03 bits per heavy atom. The van der Waals surface area contributed by atoms with Gasteiger partial charge in [0.2, 0.25) is 0 Å². The molecule has 3 N–H and O–H groups in total. The van der Waals surface area contributed by atoms with Crippen molar-refractivity contribution in [1.82, 2.24) is 0 Å². The van der Waals surface area contributed by atoms with Crippen LogP contribution < -0.4 is 0 Å². The molecule has 2 aromatic rings. The van der Waals surface area contributed by atoms with Crippen molar-refractivity contribution in [2.75, 3.05) is 13.7 Å². The zero-order valence-corrected chi connectivity index (χ0v) is 18.1. The molecule has 0 bridgehead atoms. The van der Waals surface area contributed by atoms with Crippen LogP contribution in [-0.4, -0.2) is 52.7 Å². The van der Waals surface area contributed by atoms with Gasteiger partial charge in [0.15, 0.2) is 5.25 Å². The van der Waals surface area contributed by atoms with E-state index in [2.05, 4.69) is 0 Å². The van der Waals surface area contributed by atoms with Crippen LogP contribution in [0.3, 0.4) is 0 Å². The monoisotopic (exact) mass is 457 g/mol. The quantitative estimate of drug-likeness (QED) is 0.442. The molecule has 2 aromatic carbocycles. The summed E-state index contributed by atoms with van der Waals surface area (Å²) in [6, 6.07) is 12.2. The number of aliphatic hydroxyl groups excluding tert-OH is 3. The number of hydrogen-bond acceptors (Lipinski definition) is 4. The summed E-state index contributed by atoms with van der Waals surface area (Å²) in [4.78, 5) is 0. The van der Waals surface area contributed by atoms with Crippen LogP contribution in [-0.2, 0) is 35.9 Å². The maximum absolute atomic E-state index is 12.6. The zero-order valence-electron chi connectivity index (χ0n) is 17.2. The van der Waals surface area contributed by atoms with Crippen LogP contribution in [0.1, 0.15) is 39.5 Å². The van der Waals surface area contributed by atoms with Crippen LogP contribution in [0.2, 0.25) is 0 Å². The highest BCUT2D eigenvalue weighted by Gasteiger charge is 2.44. The predicted molar refractivity (Wildman–Crippen MR) is 115 cm³/mol. The summed E-state index contributed by atoms with van der Waals surface area (Å²) in [5.74, 6) is 0. The fraction of sp³-hybridized carbons (Fsp3) is 0.478. The summed E-state index contributed by atoms with van der Waals surface area (Å²) in [5.41, 5.74) is 3.81. The molecule has 1 heterocycles. The first kappa shape index (κ1) is 24.1. The number of aliphatic hydroxyl groups is 3. The summed E-state index contributed by atoms with van der Waals surface area (Å²) in [5, 5.41) is 30.0. The van der Waals surface area contributed by atoms with Gasteiger partial charge in [-0.1, -0.05) is 42.5 Å². The van der Waals surface area contributed by atoms with E-state index in [9.17, 15) is 28.5 Å². The summed E-state index contributed by atoms with van der Waals surface area (Å²) in [6.45, 7) is 0.284. The third kappa shape index (κ3) is 6.46. The summed E-state index contributed by atoms with van der Waals surface area (Å²) >= 11 is 0.850. The maximum atomic E-state index is 12.6. The van der Waals surface area contributed by atoms with Crippen molar-refractivity contribution >= 4 is 11.8 Å². The summed E-state index contributed by atoms with van der Waals surface area (Å²) in [6.07, 6.45) is -6.17. The number of alkyl halides is 3. The van der Waals surface area contributed by atoms with Gasteiger partial charge < -0.3 is 20.1 Å². The van der Waals surface area contributed by atoms with E-state index in [1.54, 1.807) is 19.2 Å². The minimum absolute atomic E-state index is 0.0641. The molecular weight excluding hydrogens is 429 g/mol. The predicted octanol–water partition coefficient (Wildman–Crippen LogP) is 2.87. The molecule has 0 aromatic heterocycles. The first-order chi connectivity index (χ1) is 14.7. The Hall–Kier alpha value is -1.58. The zero-order chi connectivity index (χ0) is 22.6. The number of hydrogen-bond donors (Lipinski definition) is 3. The van der Waals surface area contributed by atoms with Gasteiger partial charge in [-0.3, -0.25) is 0 Å². The number of rotatable bonds is 7. The van der Waals surface area contributed by atoms with Crippen LogP contribution in [0.15, 0.2) is 42.5 Å². The molecular formula is C23H28F3O4S+. The molecule has 1 fully saturated rings. The molecule has 0 unspecified atom stereocenters. The molecule has 4 atom stereocenters. The second-order valence-corrected chi connectivity index (χ2v) is 9.56. The molecule has 170 valence electrons. The van der Waals surface area contributed by atoms with Gasteiger partial charge in [0, 0.05) is 19.1 Å². The minimum Gasteiger partial charge on any atom is -0.391 e. The minimum atomic E-state index is -4.23. The number of thiol groups is 1. The fourth-order valence-corrected chi connectivity index (χ4v) is 5.61. The highest BCUT2D eigenvalue weighted by molar-refractivity contribution is 7.79. The van der Waals surface area contributed by atoms with E-state index in [4.69, 9.17) is 4.74 Å². The van der Waals surface area contributed by atoms with Crippen molar-refractivity contribution in [2.24, 2.45) is 0 Å². The Morgan fingerprint density at radius 3 is 2.29 bits per heavy atom. The average Bonchev–Trinajstić information content (AvgIpc) is 2.71. The molecule has 0 radical (unpaired) electrons. The first-order valence-electron chi connectivity index (χ1n) is 10.1. The van der Waals surface area contributed by atoms with Crippen molar-refractivity contribution < 1.29 is 33.2 Å². The Balaban J connectivity index is 1.84. The van der Waals surface area contributed by atoms with Gasteiger partial charge in [-0.2, -0.15) is 13.2 Å². The lowest BCUT2D eigenvalue weighted by atomic mass is 9.92. The van der Waals surface area contributed by atoms with Crippen LogP contribution in [0.4, 0.5) is 13.2 Å². The van der Waals surface area contributed by atoms with E-state index in [0.29, 0.717) is 19.4 Å². The normalized spacial score (nSPS) is 24.4. The van der Waals surface area contributed by atoms with E-state index >= 15 is 0 Å². The van der Waals surface area contributed by atoms with E-state index in [1.807, 2.05) is 18.2 Å². The molecule has 0 spiro atoms. The molecule has 31 heavy (non-hydrogen) atoms. The van der Waals surface area contributed by atoms with Gasteiger partial charge in [0.25, 0.3) is 0 Å². The van der Waals surface area contributed by atoms with Crippen molar-refractivity contribution in [3.63, 3.8) is 0 Å². The third-order valence-electron chi connectivity index (χ3n) is 5.48. The molecule has 3 rings (SSSR count). The fourth-order valence-electron chi connectivity index (χ4n) is 3.95. The third-order valence-corrected chi connectivity index (χ3v) is 7.18. The molecule has 1 saturated heterocycles. The summed E-state index contributed by atoms with van der Waals surface area (Å²) < 4.78 is 43.0. The molecule has 4 nitrogen and oxygen atoms in total. The van der Waals surface area contributed by atoms with E-state index in [0.717, 1.165) is 34.0 Å². The molecule has 8 heteroatoms. The van der Waals surface area contributed by atoms with Gasteiger partial charge in [0.1, 0.15) is 11.4 Å². The second kappa shape index (κ2) is 10.4. The van der Waals surface area contributed by atoms with Crippen molar-refractivity contribution in [1.29, 1.82) is 0 Å². The summed E-state index contributed by atoms with van der Waals surface area (Å²) in [7, 11) is 1.58. The Labute approximate surface area is 184 Å². The highest BCUT2D eigenvalue weighted by atomic mass is 32.2. The van der Waals surface area contributed by atoms with E-state index < -0.39 is 24.8 Å². The van der Waals surface area contributed by atoms with E-state index in [-0.39, 0.29) is 22.7 Å². The number of halogens is 3. The van der Waals surface area contributed by atoms with Crippen LogP contribution >= 0.6 is 0 Å². The van der Waals surface area contributed by atoms with Gasteiger partial charge in [-0.25, -0.2) is 0 Å². The lowest BCUT2D eigenvalue weighted by molar-refractivity contribution is -0.127. The van der Waals surface area contributed by atoms with Crippen molar-refractivity contribution in [3.05, 3.63) is 70.3 Å². The van der Waals surface area contributed by atoms with Gasteiger partial charge in [0.05, 0.1) is 25.7 Å².